The molecule has 1 atom stereocenters. The Morgan fingerprint density at radius 2 is 1.36 bits per heavy atom. The van der Waals surface area contributed by atoms with Gasteiger partial charge in [0.1, 0.15) is 0 Å². The van der Waals surface area contributed by atoms with E-state index in [1.54, 1.807) is 0 Å². The number of carboxylic acid groups (broad SMARTS) is 1. The number of aliphatic carboxylic acids is 1. The number of halogens is 1. The van der Waals surface area contributed by atoms with Crippen LogP contribution in [0.1, 0.15) is 90.4 Å². The van der Waals surface area contributed by atoms with Crippen LogP contribution in [0.4, 0.5) is 0 Å². The minimum atomic E-state index is -1.14. The molecule has 0 bridgehead atoms. The predicted molar refractivity (Wildman–Crippen MR) is 89.5 cm³/mol. The number of carbonyl (C=O) groups excluding carboxylic acids is 1. The second-order valence-corrected chi connectivity index (χ2v) is 6.33. The van der Waals surface area contributed by atoms with Crippen LogP contribution in [0.3, 0.4) is 0 Å². The average Bonchev–Trinajstić information content (AvgIpc) is 2.47. The summed E-state index contributed by atoms with van der Waals surface area (Å²) in [6.07, 6.45) is 19.9. The minimum Gasteiger partial charge on any atom is -0.549 e. The van der Waals surface area contributed by atoms with Crippen molar-refractivity contribution in [2.75, 3.05) is 0 Å². The maximum atomic E-state index is 10.4. The summed E-state index contributed by atoms with van der Waals surface area (Å²) < 4.78 is 0. The molecule has 0 fully saturated rings. The van der Waals surface area contributed by atoms with Gasteiger partial charge in [-0.1, -0.05) is 70.4 Å². The maximum Gasteiger partial charge on any atom is 1.00 e. The number of alkyl halides is 1. The standard InChI is InChI=1S/C18H33ClO2.Na/c1-2-3-4-5-6-7-8-9-10-11-12-13-14-15-16-17(19)18(20)21;/h9-10,17H,2-8,11-16H2,1H3,(H,20,21);/q;+1/p-1/b10-9-;. The molecule has 0 N–H and O–H groups in total. The summed E-state index contributed by atoms with van der Waals surface area (Å²) in [5.41, 5.74) is 0. The second-order valence-electron chi connectivity index (χ2n) is 5.81. The number of hydrogen-bond donors (Lipinski definition) is 0. The molecule has 0 saturated carbocycles. The number of hydrogen-bond acceptors (Lipinski definition) is 2. The molecule has 0 aromatic heterocycles. The summed E-state index contributed by atoms with van der Waals surface area (Å²) in [5, 5.41) is 9.59. The fraction of sp³-hybridized carbons (Fsp3) is 0.833. The van der Waals surface area contributed by atoms with Gasteiger partial charge in [0, 0.05) is 0 Å². The summed E-state index contributed by atoms with van der Waals surface area (Å²) in [7, 11) is 0. The van der Waals surface area contributed by atoms with Crippen LogP contribution in [0, 0.1) is 0 Å². The fourth-order valence-electron chi connectivity index (χ4n) is 2.34. The first-order valence-electron chi connectivity index (χ1n) is 8.68. The van der Waals surface area contributed by atoms with Gasteiger partial charge in [0.15, 0.2) is 0 Å². The first kappa shape index (κ1) is 24.7. The summed E-state index contributed by atoms with van der Waals surface area (Å²) in [6.45, 7) is 2.25. The maximum absolute atomic E-state index is 10.4. The summed E-state index contributed by atoms with van der Waals surface area (Å²) in [6, 6.07) is 0. The number of allylic oxidation sites excluding steroid dienone is 2. The second kappa shape index (κ2) is 19.5. The van der Waals surface area contributed by atoms with Crippen molar-refractivity contribution in [2.45, 2.75) is 95.8 Å². The van der Waals surface area contributed by atoms with E-state index >= 15 is 0 Å². The van der Waals surface area contributed by atoms with E-state index in [0.717, 1.165) is 25.7 Å². The Labute approximate surface area is 164 Å². The largest absolute Gasteiger partial charge is 1.00 e. The Kier molecular flexibility index (Phi) is 22.0. The van der Waals surface area contributed by atoms with E-state index in [-0.39, 0.29) is 29.6 Å². The third-order valence-corrected chi connectivity index (χ3v) is 4.12. The molecule has 0 spiro atoms. The molecule has 0 aliphatic carbocycles. The number of rotatable bonds is 15. The van der Waals surface area contributed by atoms with Crippen LogP contribution in [-0.2, 0) is 4.79 Å². The first-order chi connectivity index (χ1) is 10.2. The molecule has 0 heterocycles. The Morgan fingerprint density at radius 1 is 0.909 bits per heavy atom. The van der Waals surface area contributed by atoms with E-state index in [1.807, 2.05) is 0 Å². The molecule has 4 heteroatoms. The molecule has 124 valence electrons. The van der Waals surface area contributed by atoms with Gasteiger partial charge in [0.25, 0.3) is 0 Å². The van der Waals surface area contributed by atoms with Gasteiger partial charge >= 0.3 is 29.6 Å². The summed E-state index contributed by atoms with van der Waals surface area (Å²) in [5.74, 6) is -1.14. The monoisotopic (exact) mass is 338 g/mol. The smallest absolute Gasteiger partial charge is 0.549 e. The molecular weight excluding hydrogens is 307 g/mol. The summed E-state index contributed by atoms with van der Waals surface area (Å²) in [4.78, 5) is 10.4. The molecule has 22 heavy (non-hydrogen) atoms. The zero-order chi connectivity index (χ0) is 15.8. The van der Waals surface area contributed by atoms with Crippen molar-refractivity contribution < 1.29 is 39.5 Å². The molecule has 0 amide bonds. The van der Waals surface area contributed by atoms with Gasteiger partial charge < -0.3 is 9.90 Å². The molecule has 0 radical (unpaired) electrons. The molecule has 2 nitrogen and oxygen atoms in total. The van der Waals surface area contributed by atoms with Gasteiger partial charge in [0.05, 0.1) is 11.3 Å². The molecule has 0 aliphatic rings. The third kappa shape index (κ3) is 18.5. The first-order valence-corrected chi connectivity index (χ1v) is 9.12. The predicted octanol–water partition coefficient (Wildman–Crippen LogP) is 2.00. The van der Waals surface area contributed by atoms with Gasteiger partial charge in [-0.2, -0.15) is 0 Å². The molecule has 0 aromatic rings. The van der Waals surface area contributed by atoms with Crippen LogP contribution in [0.15, 0.2) is 12.2 Å². The van der Waals surface area contributed by atoms with Gasteiger partial charge in [-0.3, -0.25) is 0 Å². The molecular formula is C18H32ClNaO2. The van der Waals surface area contributed by atoms with E-state index < -0.39 is 11.3 Å². The topological polar surface area (TPSA) is 40.1 Å². The van der Waals surface area contributed by atoms with Crippen LogP contribution < -0.4 is 34.7 Å². The van der Waals surface area contributed by atoms with Gasteiger partial charge in [-0.25, -0.2) is 0 Å². The average molecular weight is 339 g/mol. The van der Waals surface area contributed by atoms with Crippen molar-refractivity contribution in [3.63, 3.8) is 0 Å². The Bertz CT molecular complexity index is 270. The molecule has 0 aromatic carbocycles. The zero-order valence-corrected chi connectivity index (χ0v) is 17.4. The minimum absolute atomic E-state index is 0. The van der Waals surface area contributed by atoms with Crippen molar-refractivity contribution in [1.82, 2.24) is 0 Å². The zero-order valence-electron chi connectivity index (χ0n) is 14.6. The number of carboxylic acids is 1. The molecule has 1 unspecified atom stereocenters. The van der Waals surface area contributed by atoms with E-state index in [9.17, 15) is 9.90 Å². The van der Waals surface area contributed by atoms with E-state index in [4.69, 9.17) is 11.6 Å². The van der Waals surface area contributed by atoms with Gasteiger partial charge in [-0.15, -0.1) is 11.6 Å². The molecule has 0 rings (SSSR count). The Morgan fingerprint density at radius 3 is 1.86 bits per heavy atom. The van der Waals surface area contributed by atoms with Crippen LogP contribution in [0.2, 0.25) is 0 Å². The van der Waals surface area contributed by atoms with Crippen LogP contribution >= 0.6 is 11.6 Å². The van der Waals surface area contributed by atoms with E-state index in [0.29, 0.717) is 6.42 Å². The van der Waals surface area contributed by atoms with Crippen molar-refractivity contribution >= 4 is 17.6 Å². The van der Waals surface area contributed by atoms with Crippen LogP contribution in [0.5, 0.6) is 0 Å². The summed E-state index contributed by atoms with van der Waals surface area (Å²) >= 11 is 5.59. The van der Waals surface area contributed by atoms with Crippen molar-refractivity contribution in [3.8, 4) is 0 Å². The third-order valence-electron chi connectivity index (χ3n) is 3.73. The van der Waals surface area contributed by atoms with Crippen molar-refractivity contribution in [2.24, 2.45) is 0 Å². The van der Waals surface area contributed by atoms with E-state index in [1.165, 1.54) is 51.4 Å². The SMILES string of the molecule is CCCCCCCC/C=C\CCCCCCC(Cl)C(=O)[O-].[Na+]. The fourth-order valence-corrected chi connectivity index (χ4v) is 2.49. The molecule has 0 saturated heterocycles. The van der Waals surface area contributed by atoms with Gasteiger partial charge in [-0.05, 0) is 32.1 Å². The number of unbranched alkanes of at least 4 members (excludes halogenated alkanes) is 10. The Hall–Kier alpha value is 0.500. The Balaban J connectivity index is 0. The van der Waals surface area contributed by atoms with Crippen molar-refractivity contribution in [3.05, 3.63) is 12.2 Å². The quantitative estimate of drug-likeness (QED) is 0.198. The molecule has 0 aliphatic heterocycles. The van der Waals surface area contributed by atoms with Gasteiger partial charge in [0.2, 0.25) is 0 Å². The number of carbonyl (C=O) groups is 1. The van der Waals surface area contributed by atoms with E-state index in [2.05, 4.69) is 19.1 Å². The van der Waals surface area contributed by atoms with Crippen molar-refractivity contribution in [1.29, 1.82) is 0 Å². The normalized spacial score (nSPS) is 12.3. The van der Waals surface area contributed by atoms with Crippen LogP contribution in [-0.4, -0.2) is 11.3 Å². The van der Waals surface area contributed by atoms with Crippen LogP contribution in [0.25, 0.3) is 0 Å².